The summed E-state index contributed by atoms with van der Waals surface area (Å²) >= 11 is 0. The Balaban J connectivity index is 1.66. The summed E-state index contributed by atoms with van der Waals surface area (Å²) in [5.74, 6) is -0.253. The maximum Gasteiger partial charge on any atom is 0.248 e. The Morgan fingerprint density at radius 3 is 2.53 bits per heavy atom. The average molecular weight is 401 g/mol. The Labute approximate surface area is 178 Å². The molecule has 1 unspecified atom stereocenters. The number of aryl methyl sites for hydroxylation is 1. The second kappa shape index (κ2) is 7.94. The number of nitrogens with one attached hydrogen (secondary N) is 1. The van der Waals surface area contributed by atoms with Crippen LogP contribution in [0.1, 0.15) is 43.0 Å². The number of nitrogens with zero attached hydrogens (tertiary/aromatic N) is 1. The third-order valence-electron chi connectivity index (χ3n) is 6.18. The maximum absolute atomic E-state index is 13.4. The first kappa shape index (κ1) is 20.1. The van der Waals surface area contributed by atoms with E-state index in [0.717, 1.165) is 34.3 Å². The number of hydrogen-bond acceptors (Lipinski definition) is 2. The van der Waals surface area contributed by atoms with Gasteiger partial charge in [0, 0.05) is 19.2 Å². The average Bonchev–Trinajstić information content (AvgIpc) is 3.03. The molecule has 0 saturated carbocycles. The fourth-order valence-electron chi connectivity index (χ4n) is 4.38. The molecule has 1 heterocycles. The Morgan fingerprint density at radius 2 is 1.80 bits per heavy atom. The van der Waals surface area contributed by atoms with Gasteiger partial charge in [0.1, 0.15) is 6.04 Å². The molecule has 154 valence electrons. The smallest absolute Gasteiger partial charge is 0.248 e. The second-order valence-electron chi connectivity index (χ2n) is 8.80. The minimum Gasteiger partial charge on any atom is -0.350 e. The van der Waals surface area contributed by atoms with E-state index < -0.39 is 6.04 Å². The number of carbonyl (C=O) groups is 2. The van der Waals surface area contributed by atoms with Gasteiger partial charge in [0.2, 0.25) is 11.8 Å². The van der Waals surface area contributed by atoms with E-state index in [9.17, 15) is 9.59 Å². The molecule has 4 heteroatoms. The molecule has 0 spiro atoms. The van der Waals surface area contributed by atoms with Crippen LogP contribution in [0.25, 0.3) is 0 Å². The molecule has 1 atom stereocenters. The van der Waals surface area contributed by atoms with Crippen molar-refractivity contribution in [2.45, 2.75) is 39.8 Å². The van der Waals surface area contributed by atoms with Gasteiger partial charge in [-0.3, -0.25) is 9.59 Å². The monoisotopic (exact) mass is 400 g/mol. The molecule has 1 aliphatic carbocycles. The first-order valence-corrected chi connectivity index (χ1v) is 10.5. The predicted molar refractivity (Wildman–Crippen MR) is 118 cm³/mol. The van der Waals surface area contributed by atoms with Crippen molar-refractivity contribution < 1.29 is 9.59 Å². The van der Waals surface area contributed by atoms with Crippen molar-refractivity contribution in [2.24, 2.45) is 5.41 Å². The number of rotatable bonds is 5. The van der Waals surface area contributed by atoms with Crippen LogP contribution in [0, 0.1) is 12.3 Å². The molecule has 30 heavy (non-hydrogen) atoms. The highest BCUT2D eigenvalue weighted by molar-refractivity contribution is 5.96. The van der Waals surface area contributed by atoms with Gasteiger partial charge >= 0.3 is 0 Å². The van der Waals surface area contributed by atoms with Crippen LogP contribution in [0.5, 0.6) is 0 Å². The topological polar surface area (TPSA) is 49.4 Å². The first-order chi connectivity index (χ1) is 14.4. The number of hydrogen-bond donors (Lipinski definition) is 1. The summed E-state index contributed by atoms with van der Waals surface area (Å²) in [5, 5.41) is 3.05. The van der Waals surface area contributed by atoms with Gasteiger partial charge in [-0.05, 0) is 46.6 Å². The Bertz CT molecular complexity index is 1030. The highest BCUT2D eigenvalue weighted by Gasteiger charge is 2.40. The van der Waals surface area contributed by atoms with Gasteiger partial charge < -0.3 is 10.2 Å². The van der Waals surface area contributed by atoms with Crippen LogP contribution < -0.4 is 5.32 Å². The van der Waals surface area contributed by atoms with E-state index in [1.807, 2.05) is 61.5 Å². The van der Waals surface area contributed by atoms with Crippen molar-refractivity contribution in [3.8, 4) is 0 Å². The lowest BCUT2D eigenvalue weighted by Crippen LogP contribution is -2.46. The summed E-state index contributed by atoms with van der Waals surface area (Å²) in [4.78, 5) is 28.3. The van der Waals surface area contributed by atoms with Gasteiger partial charge in [-0.15, -0.1) is 0 Å². The summed E-state index contributed by atoms with van der Waals surface area (Å²) in [7, 11) is 0. The number of allylic oxidation sites excluding steroid dienone is 1. The fraction of sp³-hybridized carbons (Fsp3) is 0.308. The van der Waals surface area contributed by atoms with Crippen molar-refractivity contribution in [2.75, 3.05) is 6.54 Å². The fourth-order valence-corrected chi connectivity index (χ4v) is 4.38. The molecule has 4 nitrogen and oxygen atoms in total. The molecule has 1 N–H and O–H groups in total. The van der Waals surface area contributed by atoms with E-state index in [1.165, 1.54) is 0 Å². The molecule has 4 rings (SSSR count). The molecule has 0 radical (unpaired) electrons. The number of benzene rings is 2. The number of amides is 2. The Kier molecular flexibility index (Phi) is 5.33. The van der Waals surface area contributed by atoms with Crippen LogP contribution in [-0.2, 0) is 16.1 Å². The third-order valence-corrected chi connectivity index (χ3v) is 6.18. The minimum atomic E-state index is -0.662. The molecular weight excluding hydrogens is 372 g/mol. The zero-order chi connectivity index (χ0) is 21.3. The standard InChI is InChI=1S/C26H28N2O2/c1-18-9-7-8-12-21(18)24(25(30)27-16-19-10-5-4-6-11-19)28-17-20-13-14-26(2,3)22(20)15-23(28)29/h4-13,15,24H,14,16-17H2,1-3H3,(H,27,30). The van der Waals surface area contributed by atoms with E-state index in [-0.39, 0.29) is 17.2 Å². The highest BCUT2D eigenvalue weighted by atomic mass is 16.2. The first-order valence-electron chi connectivity index (χ1n) is 10.5. The van der Waals surface area contributed by atoms with E-state index in [4.69, 9.17) is 0 Å². The van der Waals surface area contributed by atoms with Crippen LogP contribution in [0.15, 0.2) is 77.9 Å². The van der Waals surface area contributed by atoms with Crippen molar-refractivity contribution in [1.82, 2.24) is 10.2 Å². The summed E-state index contributed by atoms with van der Waals surface area (Å²) in [6.07, 6.45) is 4.87. The van der Waals surface area contributed by atoms with Crippen LogP contribution in [-0.4, -0.2) is 23.3 Å². The molecule has 2 aliphatic rings. The maximum atomic E-state index is 13.4. The zero-order valence-corrected chi connectivity index (χ0v) is 17.8. The van der Waals surface area contributed by atoms with Gasteiger partial charge in [0.25, 0.3) is 0 Å². The minimum absolute atomic E-state index is 0.0230. The Hall–Kier alpha value is -3.14. The molecule has 0 bridgehead atoms. The largest absolute Gasteiger partial charge is 0.350 e. The molecule has 0 aromatic heterocycles. The quantitative estimate of drug-likeness (QED) is 0.805. The van der Waals surface area contributed by atoms with Gasteiger partial charge in [0.15, 0.2) is 0 Å². The van der Waals surface area contributed by atoms with E-state index in [1.54, 1.807) is 11.0 Å². The third kappa shape index (κ3) is 3.82. The predicted octanol–water partition coefficient (Wildman–Crippen LogP) is 4.48. The van der Waals surface area contributed by atoms with Crippen molar-refractivity contribution >= 4 is 11.8 Å². The molecule has 0 fully saturated rings. The second-order valence-corrected chi connectivity index (χ2v) is 8.80. The number of carbonyl (C=O) groups excluding carboxylic acids is 2. The SMILES string of the molecule is Cc1ccccc1C(C(=O)NCc1ccccc1)N1CC2=CCC(C)(C)C2=CC1=O. The lowest BCUT2D eigenvalue weighted by Gasteiger charge is -2.36. The molecular formula is C26H28N2O2. The molecule has 2 amide bonds. The van der Waals surface area contributed by atoms with E-state index in [2.05, 4.69) is 25.2 Å². The molecule has 2 aromatic carbocycles. The summed E-state index contributed by atoms with van der Waals surface area (Å²) in [5.41, 5.74) is 5.14. The molecule has 1 aliphatic heterocycles. The zero-order valence-electron chi connectivity index (χ0n) is 17.8. The van der Waals surface area contributed by atoms with Crippen molar-refractivity contribution in [3.63, 3.8) is 0 Å². The number of fused-ring (bicyclic) bond motifs is 1. The van der Waals surface area contributed by atoms with E-state index >= 15 is 0 Å². The summed E-state index contributed by atoms with van der Waals surface area (Å²) < 4.78 is 0. The lowest BCUT2D eigenvalue weighted by atomic mass is 9.82. The van der Waals surface area contributed by atoms with Crippen molar-refractivity contribution in [3.05, 3.63) is 94.6 Å². The van der Waals surface area contributed by atoms with Gasteiger partial charge in [0.05, 0.1) is 0 Å². The molecule has 0 saturated heterocycles. The summed E-state index contributed by atoms with van der Waals surface area (Å²) in [6.45, 7) is 7.21. The van der Waals surface area contributed by atoms with Crippen LogP contribution in [0.4, 0.5) is 0 Å². The van der Waals surface area contributed by atoms with E-state index in [0.29, 0.717) is 13.1 Å². The van der Waals surface area contributed by atoms with Crippen molar-refractivity contribution in [1.29, 1.82) is 0 Å². The van der Waals surface area contributed by atoms with Gasteiger partial charge in [-0.25, -0.2) is 0 Å². The van der Waals surface area contributed by atoms with Gasteiger partial charge in [-0.1, -0.05) is 74.5 Å². The Morgan fingerprint density at radius 1 is 1.10 bits per heavy atom. The van der Waals surface area contributed by atoms with Crippen LogP contribution in [0.2, 0.25) is 0 Å². The normalized spacial score (nSPS) is 18.4. The highest BCUT2D eigenvalue weighted by Crippen LogP contribution is 2.45. The lowest BCUT2D eigenvalue weighted by molar-refractivity contribution is -0.137. The van der Waals surface area contributed by atoms with Crippen LogP contribution in [0.3, 0.4) is 0 Å². The molecule has 2 aromatic rings. The van der Waals surface area contributed by atoms with Crippen LogP contribution >= 0.6 is 0 Å². The van der Waals surface area contributed by atoms with Gasteiger partial charge in [-0.2, -0.15) is 0 Å². The summed E-state index contributed by atoms with van der Waals surface area (Å²) in [6, 6.07) is 17.0.